The Bertz CT molecular complexity index is 1700. The molecule has 7 heteroatoms. The molecular formula is C31H28N2O4S. The summed E-state index contributed by atoms with van der Waals surface area (Å²) in [6, 6.07) is 28.3. The molecule has 0 aliphatic rings. The molecule has 0 spiro atoms. The van der Waals surface area contributed by atoms with Gasteiger partial charge in [0.05, 0.1) is 30.3 Å². The lowest BCUT2D eigenvalue weighted by Gasteiger charge is -2.14. The Morgan fingerprint density at radius 1 is 0.789 bits per heavy atom. The van der Waals surface area contributed by atoms with Gasteiger partial charge in [-0.3, -0.25) is 9.71 Å². The molecule has 0 unspecified atom stereocenters. The highest BCUT2D eigenvalue weighted by molar-refractivity contribution is 7.92. The van der Waals surface area contributed by atoms with E-state index in [4.69, 9.17) is 9.47 Å². The Balaban J connectivity index is 1.36. The van der Waals surface area contributed by atoms with Gasteiger partial charge in [-0.25, -0.2) is 8.42 Å². The molecule has 0 fully saturated rings. The van der Waals surface area contributed by atoms with E-state index in [9.17, 15) is 8.42 Å². The summed E-state index contributed by atoms with van der Waals surface area (Å²) < 4.78 is 39.8. The van der Waals surface area contributed by atoms with E-state index in [-0.39, 0.29) is 4.90 Å². The molecule has 0 aliphatic heterocycles. The molecule has 192 valence electrons. The first-order valence-electron chi connectivity index (χ1n) is 12.2. The SMILES string of the molecule is COc1cc2nccc(Cc3ccc(NS(=O)(=O)c4ccc(-c5ccccc5)cc4)c(C)c3)c2cc1OC. The number of pyridine rings is 1. The lowest BCUT2D eigenvalue weighted by Crippen LogP contribution is -2.13. The molecule has 5 aromatic rings. The van der Waals surface area contributed by atoms with Crippen LogP contribution in [0.3, 0.4) is 0 Å². The van der Waals surface area contributed by atoms with Gasteiger partial charge in [0.1, 0.15) is 0 Å². The van der Waals surface area contributed by atoms with Crippen LogP contribution >= 0.6 is 0 Å². The first kappa shape index (κ1) is 25.3. The van der Waals surface area contributed by atoms with Crippen molar-refractivity contribution in [1.29, 1.82) is 0 Å². The van der Waals surface area contributed by atoms with Crippen LogP contribution in [0.1, 0.15) is 16.7 Å². The number of sulfonamides is 1. The topological polar surface area (TPSA) is 77.5 Å². The van der Waals surface area contributed by atoms with Crippen molar-refractivity contribution in [3.63, 3.8) is 0 Å². The van der Waals surface area contributed by atoms with Crippen LogP contribution in [0.2, 0.25) is 0 Å². The third-order valence-corrected chi connectivity index (χ3v) is 7.92. The summed E-state index contributed by atoms with van der Waals surface area (Å²) in [5.74, 6) is 1.28. The first-order valence-corrected chi connectivity index (χ1v) is 13.6. The van der Waals surface area contributed by atoms with E-state index in [0.29, 0.717) is 23.6 Å². The zero-order valence-electron chi connectivity index (χ0n) is 21.4. The molecule has 0 amide bonds. The maximum atomic E-state index is 13.1. The molecule has 1 aromatic heterocycles. The standard InChI is InChI=1S/C31H28N2O4S/c1-21-17-22(18-25-15-16-32-29-20-31(37-3)30(36-2)19-27(25)29)9-14-28(21)33-38(34,35)26-12-10-24(11-13-26)23-7-5-4-6-8-23/h4-17,19-20,33H,18H2,1-3H3. The van der Waals surface area contributed by atoms with Crippen LogP contribution in [-0.4, -0.2) is 27.6 Å². The number of fused-ring (bicyclic) bond motifs is 1. The van der Waals surface area contributed by atoms with Gasteiger partial charge in [0.15, 0.2) is 11.5 Å². The summed E-state index contributed by atoms with van der Waals surface area (Å²) in [7, 11) is -0.519. The number of hydrogen-bond acceptors (Lipinski definition) is 5. The zero-order chi connectivity index (χ0) is 26.7. The molecule has 4 aromatic carbocycles. The van der Waals surface area contributed by atoms with Crippen molar-refractivity contribution in [2.75, 3.05) is 18.9 Å². The number of aryl methyl sites for hydroxylation is 1. The lowest BCUT2D eigenvalue weighted by molar-refractivity contribution is 0.356. The van der Waals surface area contributed by atoms with E-state index in [1.807, 2.05) is 85.8 Å². The molecule has 6 nitrogen and oxygen atoms in total. The Kier molecular flexibility index (Phi) is 7.03. The third-order valence-electron chi connectivity index (χ3n) is 6.54. The van der Waals surface area contributed by atoms with Gasteiger partial charge in [0.25, 0.3) is 10.0 Å². The van der Waals surface area contributed by atoms with Gasteiger partial charge in [-0.1, -0.05) is 54.6 Å². The smallest absolute Gasteiger partial charge is 0.261 e. The van der Waals surface area contributed by atoms with Crippen molar-refractivity contribution in [3.8, 4) is 22.6 Å². The number of aromatic nitrogens is 1. The molecule has 1 heterocycles. The maximum Gasteiger partial charge on any atom is 0.261 e. The average Bonchev–Trinajstić information content (AvgIpc) is 2.94. The highest BCUT2D eigenvalue weighted by atomic mass is 32.2. The van der Waals surface area contributed by atoms with E-state index in [1.54, 1.807) is 32.5 Å². The minimum Gasteiger partial charge on any atom is -0.493 e. The number of nitrogens with one attached hydrogen (secondary N) is 1. The highest BCUT2D eigenvalue weighted by Gasteiger charge is 2.16. The molecule has 1 N–H and O–H groups in total. The van der Waals surface area contributed by atoms with Crippen molar-refractivity contribution >= 4 is 26.6 Å². The van der Waals surface area contributed by atoms with Gasteiger partial charge in [0, 0.05) is 17.6 Å². The number of rotatable bonds is 8. The second kappa shape index (κ2) is 10.6. The molecule has 0 saturated carbocycles. The zero-order valence-corrected chi connectivity index (χ0v) is 22.2. The highest BCUT2D eigenvalue weighted by Crippen LogP contribution is 2.33. The fraction of sp³-hybridized carbons (Fsp3) is 0.129. The number of methoxy groups -OCH3 is 2. The molecule has 5 rings (SSSR count). The average molecular weight is 525 g/mol. The monoisotopic (exact) mass is 524 g/mol. The lowest BCUT2D eigenvalue weighted by atomic mass is 9.99. The summed E-state index contributed by atoms with van der Waals surface area (Å²) in [5.41, 5.74) is 6.35. The largest absolute Gasteiger partial charge is 0.493 e. The van der Waals surface area contributed by atoms with E-state index < -0.39 is 10.0 Å². The van der Waals surface area contributed by atoms with Gasteiger partial charge in [-0.15, -0.1) is 0 Å². The Labute approximate surface area is 223 Å². The summed E-state index contributed by atoms with van der Waals surface area (Å²) >= 11 is 0. The maximum absolute atomic E-state index is 13.1. The van der Waals surface area contributed by atoms with E-state index >= 15 is 0 Å². The van der Waals surface area contributed by atoms with Gasteiger partial charge >= 0.3 is 0 Å². The van der Waals surface area contributed by atoms with Crippen molar-refractivity contribution in [1.82, 2.24) is 4.98 Å². The van der Waals surface area contributed by atoms with Crippen molar-refractivity contribution in [3.05, 3.63) is 114 Å². The van der Waals surface area contributed by atoms with Crippen LogP contribution in [-0.2, 0) is 16.4 Å². The molecule has 0 aliphatic carbocycles. The normalized spacial score (nSPS) is 11.3. The number of nitrogens with zero attached hydrogens (tertiary/aromatic N) is 1. The Hall–Kier alpha value is -4.36. The predicted octanol–water partition coefficient (Wildman–Crippen LogP) is 6.62. The first-order chi connectivity index (χ1) is 18.4. The Morgan fingerprint density at radius 2 is 1.47 bits per heavy atom. The number of hydrogen-bond donors (Lipinski definition) is 1. The van der Waals surface area contributed by atoms with Gasteiger partial charge < -0.3 is 9.47 Å². The Morgan fingerprint density at radius 3 is 2.16 bits per heavy atom. The van der Waals surface area contributed by atoms with Crippen LogP contribution in [0.4, 0.5) is 5.69 Å². The fourth-order valence-corrected chi connectivity index (χ4v) is 5.65. The number of ether oxygens (including phenoxy) is 2. The van der Waals surface area contributed by atoms with E-state index in [0.717, 1.165) is 38.7 Å². The second-order valence-corrected chi connectivity index (χ2v) is 10.7. The quantitative estimate of drug-likeness (QED) is 0.247. The van der Waals surface area contributed by atoms with Crippen LogP contribution in [0.15, 0.2) is 102 Å². The predicted molar refractivity (Wildman–Crippen MR) is 152 cm³/mol. The van der Waals surface area contributed by atoms with Crippen LogP contribution in [0, 0.1) is 6.92 Å². The van der Waals surface area contributed by atoms with Crippen LogP contribution in [0.25, 0.3) is 22.0 Å². The third kappa shape index (κ3) is 5.19. The summed E-state index contributed by atoms with van der Waals surface area (Å²) in [6.07, 6.45) is 2.44. The van der Waals surface area contributed by atoms with E-state index in [2.05, 4.69) is 9.71 Å². The van der Waals surface area contributed by atoms with E-state index in [1.165, 1.54) is 0 Å². The van der Waals surface area contributed by atoms with Gasteiger partial charge in [-0.2, -0.15) is 0 Å². The minimum atomic E-state index is -3.73. The molecule has 38 heavy (non-hydrogen) atoms. The van der Waals surface area contributed by atoms with Gasteiger partial charge in [-0.05, 0) is 71.5 Å². The second-order valence-electron chi connectivity index (χ2n) is 9.02. The van der Waals surface area contributed by atoms with Crippen LogP contribution < -0.4 is 14.2 Å². The van der Waals surface area contributed by atoms with Crippen LogP contribution in [0.5, 0.6) is 11.5 Å². The fourth-order valence-electron chi connectivity index (χ4n) is 4.51. The number of anilines is 1. The summed E-state index contributed by atoms with van der Waals surface area (Å²) in [5, 5.41) is 0.978. The number of benzene rings is 4. The van der Waals surface area contributed by atoms with Crippen molar-refractivity contribution < 1.29 is 17.9 Å². The molecule has 0 atom stereocenters. The van der Waals surface area contributed by atoms with Crippen molar-refractivity contribution in [2.24, 2.45) is 0 Å². The molecule has 0 saturated heterocycles. The van der Waals surface area contributed by atoms with Crippen molar-refractivity contribution in [2.45, 2.75) is 18.2 Å². The summed E-state index contributed by atoms with van der Waals surface area (Å²) in [6.45, 7) is 1.90. The summed E-state index contributed by atoms with van der Waals surface area (Å²) in [4.78, 5) is 4.69. The molecule has 0 radical (unpaired) electrons. The molecule has 0 bridgehead atoms. The molecular weight excluding hydrogens is 496 g/mol. The minimum absolute atomic E-state index is 0.216. The van der Waals surface area contributed by atoms with Gasteiger partial charge in [0.2, 0.25) is 0 Å².